The second-order valence-corrected chi connectivity index (χ2v) is 6.38. The number of hydrogen-bond donors (Lipinski definition) is 2. The molecule has 6 heteroatoms. The van der Waals surface area contributed by atoms with Crippen molar-refractivity contribution >= 4 is 29.1 Å². The third-order valence-electron chi connectivity index (χ3n) is 3.93. The van der Waals surface area contributed by atoms with Gasteiger partial charge in [0.1, 0.15) is 5.82 Å². The summed E-state index contributed by atoms with van der Waals surface area (Å²) < 4.78 is 4.83. The van der Waals surface area contributed by atoms with E-state index in [1.165, 1.54) is 18.2 Å². The third kappa shape index (κ3) is 4.61. The first-order valence-electron chi connectivity index (χ1n) is 8.60. The monoisotopic (exact) mass is 362 g/mol. The van der Waals surface area contributed by atoms with Gasteiger partial charge in [0.25, 0.3) is 0 Å². The number of methoxy groups -OCH3 is 1. The Kier molecular flexibility index (Phi) is 5.35. The van der Waals surface area contributed by atoms with E-state index in [1.807, 2.05) is 19.1 Å². The molecule has 3 rings (SSSR count). The topological polar surface area (TPSA) is 76.1 Å². The summed E-state index contributed by atoms with van der Waals surface area (Å²) in [6.07, 6.45) is 0. The van der Waals surface area contributed by atoms with E-state index >= 15 is 0 Å². The lowest BCUT2D eigenvalue weighted by Gasteiger charge is -2.12. The largest absolute Gasteiger partial charge is 0.465 e. The number of aromatic nitrogens is 2. The molecule has 0 aliphatic carbocycles. The number of para-hydroxylation sites is 1. The highest BCUT2D eigenvalue weighted by molar-refractivity contribution is 5.96. The number of aryl methyl sites for hydroxylation is 3. The maximum absolute atomic E-state index is 11.9. The Bertz CT molecular complexity index is 965. The van der Waals surface area contributed by atoms with Gasteiger partial charge < -0.3 is 15.4 Å². The molecule has 0 saturated heterocycles. The molecule has 1 aromatic heterocycles. The van der Waals surface area contributed by atoms with Crippen LogP contribution >= 0.6 is 0 Å². The standard InChI is InChI=1S/C21H22N4O2/c1-13-9-14(2)11-16(10-13)23-19-12-15(3)22-21(25-19)24-18-8-6-5-7-17(18)20(26)27-4/h5-12H,1-4H3,(H2,22,23,24,25). The van der Waals surface area contributed by atoms with E-state index in [4.69, 9.17) is 4.74 Å². The highest BCUT2D eigenvalue weighted by atomic mass is 16.5. The summed E-state index contributed by atoms with van der Waals surface area (Å²) in [5, 5.41) is 6.43. The van der Waals surface area contributed by atoms with Crippen LogP contribution in [0.1, 0.15) is 27.2 Å². The highest BCUT2D eigenvalue weighted by Crippen LogP contribution is 2.23. The fourth-order valence-corrected chi connectivity index (χ4v) is 2.88. The molecule has 0 fully saturated rings. The third-order valence-corrected chi connectivity index (χ3v) is 3.93. The summed E-state index contributed by atoms with van der Waals surface area (Å²) in [5.74, 6) is 0.656. The van der Waals surface area contributed by atoms with Crippen LogP contribution in [0.4, 0.5) is 23.1 Å². The van der Waals surface area contributed by atoms with Crippen LogP contribution in [0.2, 0.25) is 0 Å². The van der Waals surface area contributed by atoms with Crippen molar-refractivity contribution in [2.24, 2.45) is 0 Å². The van der Waals surface area contributed by atoms with Crippen molar-refractivity contribution in [2.45, 2.75) is 20.8 Å². The highest BCUT2D eigenvalue weighted by Gasteiger charge is 2.12. The Morgan fingerprint density at radius 3 is 2.33 bits per heavy atom. The average Bonchev–Trinajstić information content (AvgIpc) is 2.60. The van der Waals surface area contributed by atoms with Gasteiger partial charge in [-0.2, -0.15) is 4.98 Å². The minimum absolute atomic E-state index is 0.401. The van der Waals surface area contributed by atoms with Crippen LogP contribution in [0.15, 0.2) is 48.5 Å². The van der Waals surface area contributed by atoms with E-state index < -0.39 is 5.97 Å². The van der Waals surface area contributed by atoms with Crippen LogP contribution < -0.4 is 10.6 Å². The van der Waals surface area contributed by atoms with Gasteiger partial charge in [-0.05, 0) is 56.2 Å². The van der Waals surface area contributed by atoms with Crippen molar-refractivity contribution in [3.8, 4) is 0 Å². The minimum Gasteiger partial charge on any atom is -0.465 e. The van der Waals surface area contributed by atoms with Crippen molar-refractivity contribution < 1.29 is 9.53 Å². The molecule has 0 radical (unpaired) electrons. The molecule has 0 bridgehead atoms. The normalized spacial score (nSPS) is 10.4. The molecule has 0 unspecified atom stereocenters. The Labute approximate surface area is 158 Å². The van der Waals surface area contributed by atoms with E-state index in [-0.39, 0.29) is 0 Å². The maximum atomic E-state index is 11.9. The second kappa shape index (κ2) is 7.86. The van der Waals surface area contributed by atoms with E-state index in [9.17, 15) is 4.79 Å². The molecule has 0 atom stereocenters. The Morgan fingerprint density at radius 2 is 1.63 bits per heavy atom. The van der Waals surface area contributed by atoms with E-state index in [1.54, 1.807) is 18.2 Å². The summed E-state index contributed by atoms with van der Waals surface area (Å²) in [6, 6.07) is 15.2. The smallest absolute Gasteiger partial charge is 0.339 e. The van der Waals surface area contributed by atoms with Gasteiger partial charge in [0.2, 0.25) is 5.95 Å². The molecular weight excluding hydrogens is 340 g/mol. The maximum Gasteiger partial charge on any atom is 0.339 e. The summed E-state index contributed by atoms with van der Waals surface area (Å²) in [7, 11) is 1.36. The molecular formula is C21H22N4O2. The molecule has 0 amide bonds. The van der Waals surface area contributed by atoms with Crippen molar-refractivity contribution in [1.82, 2.24) is 9.97 Å². The summed E-state index contributed by atoms with van der Waals surface area (Å²) in [4.78, 5) is 20.9. The van der Waals surface area contributed by atoms with E-state index in [0.717, 1.165) is 11.4 Å². The molecule has 0 aliphatic heterocycles. The first kappa shape index (κ1) is 18.4. The van der Waals surface area contributed by atoms with Crippen LogP contribution in [0.25, 0.3) is 0 Å². The fourth-order valence-electron chi connectivity index (χ4n) is 2.88. The van der Waals surface area contributed by atoms with Crippen molar-refractivity contribution in [1.29, 1.82) is 0 Å². The van der Waals surface area contributed by atoms with Crippen LogP contribution in [-0.4, -0.2) is 23.0 Å². The first-order chi connectivity index (χ1) is 12.9. The number of nitrogens with one attached hydrogen (secondary N) is 2. The SMILES string of the molecule is COC(=O)c1ccccc1Nc1nc(C)cc(Nc2cc(C)cc(C)c2)n1. The first-order valence-corrected chi connectivity index (χ1v) is 8.60. The lowest BCUT2D eigenvalue weighted by molar-refractivity contribution is 0.0602. The van der Waals surface area contributed by atoms with Gasteiger partial charge in [-0.1, -0.05) is 18.2 Å². The summed E-state index contributed by atoms with van der Waals surface area (Å²) in [6.45, 7) is 6.01. The number of ether oxygens (including phenoxy) is 1. The lowest BCUT2D eigenvalue weighted by Crippen LogP contribution is -2.08. The van der Waals surface area contributed by atoms with Crippen molar-refractivity contribution in [3.63, 3.8) is 0 Å². The van der Waals surface area contributed by atoms with Gasteiger partial charge in [-0.15, -0.1) is 0 Å². The molecule has 3 aromatic rings. The minimum atomic E-state index is -0.417. The molecule has 0 spiro atoms. The fraction of sp³-hybridized carbons (Fsp3) is 0.190. The molecule has 0 saturated carbocycles. The Balaban J connectivity index is 1.89. The zero-order valence-corrected chi connectivity index (χ0v) is 15.8. The predicted molar refractivity (Wildman–Crippen MR) is 107 cm³/mol. The zero-order chi connectivity index (χ0) is 19.4. The molecule has 138 valence electrons. The lowest BCUT2D eigenvalue weighted by atomic mass is 10.1. The zero-order valence-electron chi connectivity index (χ0n) is 15.8. The van der Waals surface area contributed by atoms with Crippen LogP contribution in [0, 0.1) is 20.8 Å². The second-order valence-electron chi connectivity index (χ2n) is 6.38. The Hall–Kier alpha value is -3.41. The Morgan fingerprint density at radius 1 is 0.926 bits per heavy atom. The number of carbonyl (C=O) groups excluding carboxylic acids is 1. The molecule has 6 nitrogen and oxygen atoms in total. The average molecular weight is 362 g/mol. The van der Waals surface area contributed by atoms with Gasteiger partial charge in [0, 0.05) is 17.4 Å². The van der Waals surface area contributed by atoms with Gasteiger partial charge in [-0.3, -0.25) is 0 Å². The predicted octanol–water partition coefficient (Wildman–Crippen LogP) is 4.68. The number of benzene rings is 2. The van der Waals surface area contributed by atoms with Crippen molar-refractivity contribution in [2.75, 3.05) is 17.7 Å². The number of nitrogens with zero attached hydrogens (tertiary/aromatic N) is 2. The summed E-state index contributed by atoms with van der Waals surface area (Å²) in [5.41, 5.74) is 5.13. The number of rotatable bonds is 5. The number of hydrogen-bond acceptors (Lipinski definition) is 6. The molecule has 0 aliphatic rings. The number of carbonyl (C=O) groups is 1. The molecule has 2 N–H and O–H groups in total. The van der Waals surface area contributed by atoms with Crippen LogP contribution in [0.3, 0.4) is 0 Å². The quantitative estimate of drug-likeness (QED) is 0.642. The van der Waals surface area contributed by atoms with Gasteiger partial charge in [-0.25, -0.2) is 9.78 Å². The van der Waals surface area contributed by atoms with E-state index in [0.29, 0.717) is 23.0 Å². The van der Waals surface area contributed by atoms with Crippen LogP contribution in [-0.2, 0) is 4.74 Å². The molecule has 2 aromatic carbocycles. The molecule has 1 heterocycles. The summed E-state index contributed by atoms with van der Waals surface area (Å²) >= 11 is 0. The van der Waals surface area contributed by atoms with Crippen molar-refractivity contribution in [3.05, 3.63) is 70.9 Å². The van der Waals surface area contributed by atoms with E-state index in [2.05, 4.69) is 52.6 Å². The van der Waals surface area contributed by atoms with Gasteiger partial charge in [0.05, 0.1) is 18.4 Å². The van der Waals surface area contributed by atoms with Gasteiger partial charge in [0.15, 0.2) is 0 Å². The molecule has 27 heavy (non-hydrogen) atoms. The number of esters is 1. The van der Waals surface area contributed by atoms with Gasteiger partial charge >= 0.3 is 5.97 Å². The van der Waals surface area contributed by atoms with Crippen LogP contribution in [0.5, 0.6) is 0 Å². The number of anilines is 4.